The van der Waals surface area contributed by atoms with Gasteiger partial charge in [-0.1, -0.05) is 6.07 Å². The van der Waals surface area contributed by atoms with Gasteiger partial charge in [0, 0.05) is 54.3 Å². The molecule has 3 aromatic heterocycles. The fraction of sp³-hybridized carbons (Fsp3) is 0.188. The summed E-state index contributed by atoms with van der Waals surface area (Å²) in [5, 5.41) is 5.17. The Labute approximate surface area is 251 Å². The van der Waals surface area contributed by atoms with E-state index in [2.05, 4.69) is 25.5 Å². The minimum absolute atomic E-state index is 0.00854. The van der Waals surface area contributed by atoms with Crippen molar-refractivity contribution in [2.24, 2.45) is 0 Å². The summed E-state index contributed by atoms with van der Waals surface area (Å²) in [7, 11) is 0. The highest BCUT2D eigenvalue weighted by atomic mass is 19.1. The van der Waals surface area contributed by atoms with E-state index in [1.54, 1.807) is 54.7 Å². The van der Waals surface area contributed by atoms with Crippen LogP contribution in [0.2, 0.25) is 0 Å². The summed E-state index contributed by atoms with van der Waals surface area (Å²) in [6.45, 7) is 3.79. The zero-order valence-electron chi connectivity index (χ0n) is 23.7. The second kappa shape index (κ2) is 12.5. The van der Waals surface area contributed by atoms with Crippen LogP contribution >= 0.6 is 0 Å². The molecule has 0 bridgehead atoms. The summed E-state index contributed by atoms with van der Waals surface area (Å²) >= 11 is 0. The first-order valence-electron chi connectivity index (χ1n) is 13.9. The predicted molar refractivity (Wildman–Crippen MR) is 162 cm³/mol. The molecule has 1 saturated heterocycles. The third-order valence-electron chi connectivity index (χ3n) is 7.03. The molecule has 2 aromatic carbocycles. The lowest BCUT2D eigenvalue weighted by Crippen LogP contribution is -2.37. The van der Waals surface area contributed by atoms with Crippen LogP contribution in [-0.4, -0.2) is 58.1 Å². The number of hydrogen-bond donors (Lipinski definition) is 2. The molecule has 4 heterocycles. The van der Waals surface area contributed by atoms with E-state index in [9.17, 15) is 18.4 Å². The van der Waals surface area contributed by atoms with E-state index < -0.39 is 17.8 Å². The number of morpholine rings is 1. The maximum Gasteiger partial charge on any atom is 0.323 e. The van der Waals surface area contributed by atoms with Crippen molar-refractivity contribution in [3.05, 3.63) is 90.4 Å². The van der Waals surface area contributed by atoms with Gasteiger partial charge in [0.05, 0.1) is 24.4 Å². The molecule has 0 spiro atoms. The van der Waals surface area contributed by atoms with E-state index in [0.29, 0.717) is 76.9 Å². The zero-order chi connectivity index (χ0) is 30.6. The molecule has 1 fully saturated rings. The number of amides is 2. The van der Waals surface area contributed by atoms with Gasteiger partial charge >= 0.3 is 6.03 Å². The Kier molecular flexibility index (Phi) is 8.15. The van der Waals surface area contributed by atoms with Crippen molar-refractivity contribution in [2.45, 2.75) is 13.3 Å². The van der Waals surface area contributed by atoms with Crippen LogP contribution in [0.5, 0.6) is 0 Å². The van der Waals surface area contributed by atoms with Gasteiger partial charge in [0.1, 0.15) is 17.1 Å². The molecule has 10 nitrogen and oxygen atoms in total. The average molecular weight is 596 g/mol. The molecular formula is C32H27F2N7O3. The van der Waals surface area contributed by atoms with Crippen molar-refractivity contribution in [1.29, 1.82) is 0 Å². The maximum atomic E-state index is 14.5. The summed E-state index contributed by atoms with van der Waals surface area (Å²) in [4.78, 5) is 43.9. The van der Waals surface area contributed by atoms with E-state index in [-0.39, 0.29) is 17.9 Å². The minimum atomic E-state index is -0.636. The number of ether oxygens (including phenoxy) is 1. The van der Waals surface area contributed by atoms with Gasteiger partial charge in [-0.15, -0.1) is 0 Å². The number of urea groups is 1. The summed E-state index contributed by atoms with van der Waals surface area (Å²) in [5.74, 6) is -0.254. The number of aromatic nitrogens is 4. The van der Waals surface area contributed by atoms with Crippen LogP contribution in [-0.2, 0) is 16.0 Å². The van der Waals surface area contributed by atoms with E-state index in [4.69, 9.17) is 14.7 Å². The first-order valence-corrected chi connectivity index (χ1v) is 13.9. The molecule has 0 unspecified atom stereocenters. The van der Waals surface area contributed by atoms with Crippen LogP contribution in [0, 0.1) is 11.8 Å². The Morgan fingerprint density at radius 2 is 1.73 bits per heavy atom. The third-order valence-corrected chi connectivity index (χ3v) is 7.03. The Morgan fingerprint density at radius 3 is 2.45 bits per heavy atom. The van der Waals surface area contributed by atoms with Crippen molar-refractivity contribution >= 4 is 40.0 Å². The van der Waals surface area contributed by atoms with Gasteiger partial charge in [-0.05, 0) is 67.1 Å². The largest absolute Gasteiger partial charge is 0.378 e. The first kappa shape index (κ1) is 28.7. The molecule has 1 aliphatic heterocycles. The number of hydrogen-bond acceptors (Lipinski definition) is 8. The lowest BCUT2D eigenvalue weighted by atomic mass is 10.1. The number of rotatable bonds is 7. The summed E-state index contributed by atoms with van der Waals surface area (Å²) in [5.41, 5.74) is 3.64. The number of benzene rings is 2. The van der Waals surface area contributed by atoms with Crippen LogP contribution in [0.4, 0.5) is 30.8 Å². The van der Waals surface area contributed by atoms with Crippen molar-refractivity contribution in [3.8, 4) is 22.5 Å². The summed E-state index contributed by atoms with van der Waals surface area (Å²) in [6, 6.07) is 15.6. The fourth-order valence-corrected chi connectivity index (χ4v) is 4.92. The molecule has 5 aromatic rings. The molecule has 0 saturated carbocycles. The first-order chi connectivity index (χ1) is 21.3. The number of nitrogens with zero attached hydrogens (tertiary/aromatic N) is 5. The Balaban J connectivity index is 1.26. The summed E-state index contributed by atoms with van der Waals surface area (Å²) < 4.78 is 34.4. The van der Waals surface area contributed by atoms with Gasteiger partial charge in [0.2, 0.25) is 5.95 Å². The second-order valence-electron chi connectivity index (χ2n) is 10.3. The molecule has 2 amide bonds. The highest BCUT2D eigenvalue weighted by molar-refractivity contribution is 6.00. The average Bonchev–Trinajstić information content (AvgIpc) is 3.02. The maximum absolute atomic E-state index is 14.5. The lowest BCUT2D eigenvalue weighted by molar-refractivity contribution is -0.116. The number of Topliss-reactive ketones (excluding diaryl/α,β-unsaturated/α-hetero) is 1. The van der Waals surface area contributed by atoms with Gasteiger partial charge in [-0.3, -0.25) is 9.78 Å². The van der Waals surface area contributed by atoms with E-state index >= 15 is 0 Å². The molecule has 12 heteroatoms. The SMILES string of the molecule is CC(=O)Cc1ccc(NC(=O)Nc2ccc(-c3nc(N4CCOCC4)c4ncc(-c5cccnc5F)cc4n3)cc2)c(F)c1. The normalized spacial score (nSPS) is 13.1. The Morgan fingerprint density at radius 1 is 0.932 bits per heavy atom. The minimum Gasteiger partial charge on any atom is -0.378 e. The van der Waals surface area contributed by atoms with Gasteiger partial charge in [-0.25, -0.2) is 24.1 Å². The number of fused-ring (bicyclic) bond motifs is 1. The number of carbonyl (C=O) groups excluding carboxylic acids is 2. The number of ketones is 1. The van der Waals surface area contributed by atoms with Crippen molar-refractivity contribution in [1.82, 2.24) is 19.9 Å². The van der Waals surface area contributed by atoms with Gasteiger partial charge in [0.15, 0.2) is 11.6 Å². The van der Waals surface area contributed by atoms with E-state index in [1.807, 2.05) is 0 Å². The quantitative estimate of drug-likeness (QED) is 0.232. The van der Waals surface area contributed by atoms with Crippen molar-refractivity contribution in [3.63, 3.8) is 0 Å². The van der Waals surface area contributed by atoms with Crippen LogP contribution in [0.25, 0.3) is 33.5 Å². The highest BCUT2D eigenvalue weighted by Gasteiger charge is 2.20. The molecule has 0 radical (unpaired) electrons. The zero-order valence-corrected chi connectivity index (χ0v) is 23.7. The Hall–Kier alpha value is -5.36. The lowest BCUT2D eigenvalue weighted by Gasteiger charge is -2.28. The van der Waals surface area contributed by atoms with Crippen LogP contribution in [0.15, 0.2) is 73.1 Å². The summed E-state index contributed by atoms with van der Waals surface area (Å²) in [6.07, 6.45) is 3.10. The van der Waals surface area contributed by atoms with E-state index in [0.717, 1.165) is 0 Å². The van der Waals surface area contributed by atoms with Crippen LogP contribution < -0.4 is 15.5 Å². The number of anilines is 3. The number of nitrogens with one attached hydrogen (secondary N) is 2. The van der Waals surface area contributed by atoms with Gasteiger partial charge in [0.25, 0.3) is 0 Å². The number of pyridine rings is 2. The smallest absolute Gasteiger partial charge is 0.323 e. The van der Waals surface area contributed by atoms with Crippen molar-refractivity contribution < 1.29 is 23.1 Å². The molecule has 0 aliphatic carbocycles. The van der Waals surface area contributed by atoms with Gasteiger partial charge < -0.3 is 20.3 Å². The fourth-order valence-electron chi connectivity index (χ4n) is 4.92. The highest BCUT2D eigenvalue weighted by Crippen LogP contribution is 2.31. The molecule has 6 rings (SSSR count). The third kappa shape index (κ3) is 6.35. The van der Waals surface area contributed by atoms with Crippen LogP contribution in [0.3, 0.4) is 0 Å². The molecule has 0 atom stereocenters. The molecule has 44 heavy (non-hydrogen) atoms. The monoisotopic (exact) mass is 595 g/mol. The molecular weight excluding hydrogens is 568 g/mol. The number of halogens is 2. The standard InChI is InChI=1S/C32H27F2N7O3/c1-19(42)15-20-4-9-26(25(33)16-20)39-32(43)37-23-7-5-21(6-8-23)30-38-27-17-22(24-3-2-10-35-29(24)34)18-36-28(27)31(40-30)41-11-13-44-14-12-41/h2-10,16-18H,11-15H2,1H3,(H2,37,39,43). The molecule has 2 N–H and O–H groups in total. The molecule has 222 valence electrons. The Bertz CT molecular complexity index is 1860. The van der Waals surface area contributed by atoms with E-state index in [1.165, 1.54) is 25.3 Å². The van der Waals surface area contributed by atoms with Crippen molar-refractivity contribution in [2.75, 3.05) is 41.8 Å². The predicted octanol–water partition coefficient (Wildman–Crippen LogP) is 5.64. The number of carbonyl (C=O) groups is 2. The second-order valence-corrected chi connectivity index (χ2v) is 10.3. The molecule has 1 aliphatic rings. The topological polar surface area (TPSA) is 122 Å². The van der Waals surface area contributed by atoms with Gasteiger partial charge in [-0.2, -0.15) is 4.39 Å². The van der Waals surface area contributed by atoms with Crippen LogP contribution in [0.1, 0.15) is 12.5 Å².